The van der Waals surface area contributed by atoms with Gasteiger partial charge in [0.15, 0.2) is 0 Å². The highest BCUT2D eigenvalue weighted by molar-refractivity contribution is 7.15. The van der Waals surface area contributed by atoms with E-state index in [0.717, 1.165) is 18.4 Å². The fourth-order valence-electron chi connectivity index (χ4n) is 3.78. The van der Waals surface area contributed by atoms with Crippen molar-refractivity contribution in [2.45, 2.75) is 25.7 Å². The van der Waals surface area contributed by atoms with Crippen LogP contribution in [-0.4, -0.2) is 18.5 Å². The molecule has 1 unspecified atom stereocenters. The predicted octanol–water partition coefficient (Wildman–Crippen LogP) is 5.26. The molecule has 1 N–H and O–H groups in total. The zero-order valence-corrected chi connectivity index (χ0v) is 16.4. The first kappa shape index (κ1) is 18.4. The average Bonchev–Trinajstić information content (AvgIpc) is 3.32. The lowest BCUT2D eigenvalue weighted by atomic mass is 9.92. The van der Waals surface area contributed by atoms with E-state index in [2.05, 4.69) is 17.4 Å². The Morgan fingerprint density at radius 2 is 1.82 bits per heavy atom. The second-order valence-electron chi connectivity index (χ2n) is 6.73. The number of amides is 1. The Morgan fingerprint density at radius 1 is 1.07 bits per heavy atom. The van der Waals surface area contributed by atoms with Gasteiger partial charge in [0.2, 0.25) is 0 Å². The lowest BCUT2D eigenvalue weighted by Gasteiger charge is -2.14. The van der Waals surface area contributed by atoms with E-state index in [-0.39, 0.29) is 17.8 Å². The molecule has 0 fully saturated rings. The van der Waals surface area contributed by atoms with Gasteiger partial charge in [0.1, 0.15) is 5.00 Å². The summed E-state index contributed by atoms with van der Waals surface area (Å²) in [6, 6.07) is 17.3. The highest BCUT2D eigenvalue weighted by Crippen LogP contribution is 2.43. The Kier molecular flexibility index (Phi) is 5.26. The molecule has 4 rings (SSSR count). The molecule has 1 aromatic heterocycles. The van der Waals surface area contributed by atoms with Gasteiger partial charge >= 0.3 is 5.97 Å². The zero-order chi connectivity index (χ0) is 19.5. The van der Waals surface area contributed by atoms with Gasteiger partial charge in [-0.3, -0.25) is 4.79 Å². The van der Waals surface area contributed by atoms with Crippen molar-refractivity contribution in [2.24, 2.45) is 0 Å². The van der Waals surface area contributed by atoms with Gasteiger partial charge < -0.3 is 10.1 Å². The summed E-state index contributed by atoms with van der Waals surface area (Å²) >= 11 is 1.38. The van der Waals surface area contributed by atoms with Crippen molar-refractivity contribution in [3.8, 4) is 0 Å². The van der Waals surface area contributed by atoms with Gasteiger partial charge in [0.05, 0.1) is 12.2 Å². The summed E-state index contributed by atoms with van der Waals surface area (Å²) in [7, 11) is 0. The minimum absolute atomic E-state index is 0.147. The summed E-state index contributed by atoms with van der Waals surface area (Å²) in [6.07, 6.45) is 1.94. The van der Waals surface area contributed by atoms with Crippen molar-refractivity contribution >= 4 is 28.2 Å². The Bertz CT molecular complexity index is 1010. The van der Waals surface area contributed by atoms with Crippen molar-refractivity contribution in [1.82, 2.24) is 0 Å². The molecule has 0 spiro atoms. The fourth-order valence-corrected chi connectivity index (χ4v) is 4.78. The third-order valence-electron chi connectivity index (χ3n) is 5.07. The normalized spacial score (nSPS) is 15.1. The summed E-state index contributed by atoms with van der Waals surface area (Å²) in [6.45, 7) is 2.08. The number of anilines is 1. The maximum absolute atomic E-state index is 12.8. The molecule has 1 heterocycles. The summed E-state index contributed by atoms with van der Waals surface area (Å²) in [5, 5.41) is 5.45. The van der Waals surface area contributed by atoms with Crippen molar-refractivity contribution in [2.75, 3.05) is 11.9 Å². The second-order valence-corrected chi connectivity index (χ2v) is 7.61. The SMILES string of the molecule is CCOC(=O)c1c(C2CCc3ccccc32)csc1NC(=O)c1ccccc1. The van der Waals surface area contributed by atoms with Crippen LogP contribution in [-0.2, 0) is 11.2 Å². The molecule has 0 saturated carbocycles. The van der Waals surface area contributed by atoms with Crippen molar-refractivity contribution in [1.29, 1.82) is 0 Å². The number of hydrogen-bond donors (Lipinski definition) is 1. The molecule has 142 valence electrons. The maximum atomic E-state index is 12.8. The third-order valence-corrected chi connectivity index (χ3v) is 5.98. The van der Waals surface area contributed by atoms with Gasteiger partial charge in [-0.05, 0) is 54.0 Å². The molecule has 5 heteroatoms. The highest BCUT2D eigenvalue weighted by atomic mass is 32.1. The van der Waals surface area contributed by atoms with Crippen molar-refractivity contribution in [3.05, 3.63) is 87.8 Å². The summed E-state index contributed by atoms with van der Waals surface area (Å²) in [5.41, 5.74) is 4.56. The number of rotatable bonds is 5. The highest BCUT2D eigenvalue weighted by Gasteiger charge is 2.31. The van der Waals surface area contributed by atoms with Crippen LogP contribution in [0.15, 0.2) is 60.0 Å². The molecule has 1 amide bonds. The third kappa shape index (κ3) is 3.45. The van der Waals surface area contributed by atoms with Gasteiger partial charge in [-0.15, -0.1) is 11.3 Å². The maximum Gasteiger partial charge on any atom is 0.341 e. The first-order chi connectivity index (χ1) is 13.7. The van der Waals surface area contributed by atoms with Crippen molar-refractivity contribution < 1.29 is 14.3 Å². The number of carbonyl (C=O) groups is 2. The Morgan fingerprint density at radius 3 is 2.61 bits per heavy atom. The molecule has 0 radical (unpaired) electrons. The largest absolute Gasteiger partial charge is 0.462 e. The number of esters is 1. The average molecular weight is 391 g/mol. The van der Waals surface area contributed by atoms with E-state index in [4.69, 9.17) is 4.74 Å². The van der Waals surface area contributed by atoms with E-state index < -0.39 is 0 Å². The first-order valence-corrected chi connectivity index (χ1v) is 10.3. The molecular formula is C23H21NO3S. The predicted molar refractivity (Wildman–Crippen MR) is 111 cm³/mol. The molecule has 0 bridgehead atoms. The molecule has 28 heavy (non-hydrogen) atoms. The van der Waals surface area contributed by atoms with Gasteiger partial charge in [-0.25, -0.2) is 4.79 Å². The van der Waals surface area contributed by atoms with Crippen LogP contribution in [0.3, 0.4) is 0 Å². The molecule has 4 nitrogen and oxygen atoms in total. The molecule has 0 aliphatic heterocycles. The van der Waals surface area contributed by atoms with Crippen LogP contribution in [0.25, 0.3) is 0 Å². The number of benzene rings is 2. The van der Waals surface area contributed by atoms with Gasteiger partial charge in [-0.1, -0.05) is 42.5 Å². The topological polar surface area (TPSA) is 55.4 Å². The Hall–Kier alpha value is -2.92. The summed E-state index contributed by atoms with van der Waals surface area (Å²) in [4.78, 5) is 25.4. The smallest absolute Gasteiger partial charge is 0.341 e. The number of thiophene rings is 1. The monoisotopic (exact) mass is 391 g/mol. The van der Waals surface area contributed by atoms with Crippen LogP contribution in [0.1, 0.15) is 56.7 Å². The minimum Gasteiger partial charge on any atom is -0.462 e. The quantitative estimate of drug-likeness (QED) is 0.604. The van der Waals surface area contributed by atoms with E-state index >= 15 is 0 Å². The minimum atomic E-state index is -0.383. The van der Waals surface area contributed by atoms with Crippen LogP contribution in [0.5, 0.6) is 0 Å². The van der Waals surface area contributed by atoms with Gasteiger partial charge in [0.25, 0.3) is 5.91 Å². The van der Waals surface area contributed by atoms with E-state index in [0.29, 0.717) is 22.7 Å². The molecule has 3 aromatic rings. The number of ether oxygens (including phenoxy) is 1. The number of fused-ring (bicyclic) bond motifs is 1. The second kappa shape index (κ2) is 7.98. The van der Waals surface area contributed by atoms with Gasteiger partial charge in [-0.2, -0.15) is 0 Å². The molecule has 2 aromatic carbocycles. The first-order valence-electron chi connectivity index (χ1n) is 9.41. The molecule has 1 atom stereocenters. The van der Waals surface area contributed by atoms with E-state index in [1.54, 1.807) is 19.1 Å². The van der Waals surface area contributed by atoms with Crippen LogP contribution in [0.2, 0.25) is 0 Å². The molecular weight excluding hydrogens is 370 g/mol. The zero-order valence-electron chi connectivity index (χ0n) is 15.6. The van der Waals surface area contributed by atoms with E-state index in [9.17, 15) is 9.59 Å². The Balaban J connectivity index is 1.70. The van der Waals surface area contributed by atoms with Gasteiger partial charge in [0, 0.05) is 11.5 Å². The lowest BCUT2D eigenvalue weighted by Crippen LogP contribution is -2.16. The number of carbonyl (C=O) groups excluding carboxylic acids is 2. The van der Waals surface area contributed by atoms with Crippen LogP contribution in [0, 0.1) is 0 Å². The van der Waals surface area contributed by atoms with Crippen LogP contribution >= 0.6 is 11.3 Å². The molecule has 1 aliphatic carbocycles. The van der Waals surface area contributed by atoms with Crippen molar-refractivity contribution in [3.63, 3.8) is 0 Å². The Labute approximate surface area is 168 Å². The number of hydrogen-bond acceptors (Lipinski definition) is 4. The van der Waals surface area contributed by atoms with Crippen LogP contribution in [0.4, 0.5) is 5.00 Å². The van der Waals surface area contributed by atoms with E-state index in [1.807, 2.05) is 35.7 Å². The standard InChI is InChI=1S/C23H21NO3S/c1-2-27-23(26)20-19(18-13-12-15-8-6-7-11-17(15)18)14-28-22(20)24-21(25)16-9-4-3-5-10-16/h3-11,14,18H,2,12-13H2,1H3,(H,24,25). The number of aryl methyl sites for hydroxylation is 1. The summed E-state index contributed by atoms with van der Waals surface area (Å²) in [5.74, 6) is -0.466. The lowest BCUT2D eigenvalue weighted by molar-refractivity contribution is 0.0526. The fraction of sp³-hybridized carbons (Fsp3) is 0.217. The van der Waals surface area contributed by atoms with E-state index in [1.165, 1.54) is 22.5 Å². The number of nitrogens with one attached hydrogen (secondary N) is 1. The summed E-state index contributed by atoms with van der Waals surface area (Å²) < 4.78 is 5.32. The molecule has 1 aliphatic rings. The molecule has 0 saturated heterocycles. The van der Waals surface area contributed by atoms with Crippen LogP contribution < -0.4 is 5.32 Å².